The molecule has 0 saturated heterocycles. The number of furan rings is 2. The van der Waals surface area contributed by atoms with Gasteiger partial charge in [0.2, 0.25) is 0 Å². The average molecular weight is 626 g/mol. The maximum absolute atomic E-state index is 6.37. The molecule has 49 heavy (non-hydrogen) atoms. The summed E-state index contributed by atoms with van der Waals surface area (Å²) in [6, 6.07) is 56.9. The Balaban J connectivity index is 1.20. The predicted octanol–water partition coefficient (Wildman–Crippen LogP) is 13.1. The lowest BCUT2D eigenvalue weighted by atomic mass is 9.85. The van der Waals surface area contributed by atoms with E-state index in [1.165, 1.54) is 60.0 Å². The number of rotatable bonds is 3. The molecule has 3 heteroatoms. The number of aromatic nitrogens is 1. The molecule has 0 aliphatic carbocycles. The van der Waals surface area contributed by atoms with Crippen molar-refractivity contribution in [2.75, 3.05) is 0 Å². The maximum atomic E-state index is 6.37. The van der Waals surface area contributed by atoms with E-state index in [4.69, 9.17) is 8.83 Å². The summed E-state index contributed by atoms with van der Waals surface area (Å²) >= 11 is 0. The second-order valence-corrected chi connectivity index (χ2v) is 12.9. The summed E-state index contributed by atoms with van der Waals surface area (Å²) in [5.74, 6) is 0. The van der Waals surface area contributed by atoms with Crippen molar-refractivity contribution in [3.05, 3.63) is 164 Å². The molecule has 0 N–H and O–H groups in total. The first kappa shape index (κ1) is 26.5. The average Bonchev–Trinajstić information content (AvgIpc) is 3.87. The molecule has 11 aromatic rings. The van der Waals surface area contributed by atoms with Gasteiger partial charge in [0.25, 0.3) is 0 Å². The molecule has 0 atom stereocenters. The Morgan fingerprint density at radius 2 is 0.980 bits per heavy atom. The van der Waals surface area contributed by atoms with Gasteiger partial charge in [0.15, 0.2) is 11.2 Å². The van der Waals surface area contributed by atoms with Crippen LogP contribution in [0, 0.1) is 0 Å². The topological polar surface area (TPSA) is 31.2 Å². The van der Waals surface area contributed by atoms with Crippen molar-refractivity contribution in [1.82, 2.24) is 4.57 Å². The molecule has 11 rings (SSSR count). The zero-order valence-corrected chi connectivity index (χ0v) is 26.4. The van der Waals surface area contributed by atoms with E-state index < -0.39 is 0 Å². The molecular weight excluding hydrogens is 599 g/mol. The van der Waals surface area contributed by atoms with Crippen LogP contribution in [0.3, 0.4) is 0 Å². The van der Waals surface area contributed by atoms with Crippen molar-refractivity contribution >= 4 is 76.3 Å². The second kappa shape index (κ2) is 9.96. The van der Waals surface area contributed by atoms with Gasteiger partial charge < -0.3 is 13.4 Å². The Morgan fingerprint density at radius 1 is 0.388 bits per heavy atom. The minimum atomic E-state index is 0.791. The second-order valence-electron chi connectivity index (χ2n) is 12.9. The molecule has 3 heterocycles. The molecular formula is C46H27NO2. The number of para-hydroxylation sites is 2. The van der Waals surface area contributed by atoms with Crippen LogP contribution in [0.5, 0.6) is 0 Å². The molecule has 3 nitrogen and oxygen atoms in total. The van der Waals surface area contributed by atoms with E-state index in [1.54, 1.807) is 6.26 Å². The lowest BCUT2D eigenvalue weighted by Crippen LogP contribution is -1.94. The normalized spacial score (nSPS) is 12.1. The van der Waals surface area contributed by atoms with E-state index in [2.05, 4.69) is 156 Å². The van der Waals surface area contributed by atoms with Crippen LogP contribution >= 0.6 is 0 Å². The van der Waals surface area contributed by atoms with Crippen LogP contribution in [0.15, 0.2) is 173 Å². The Labute approximate surface area is 280 Å². The summed E-state index contributed by atoms with van der Waals surface area (Å²) in [6.45, 7) is 0. The zero-order chi connectivity index (χ0) is 32.1. The fourth-order valence-electron chi connectivity index (χ4n) is 8.15. The van der Waals surface area contributed by atoms with Gasteiger partial charge in [-0.1, -0.05) is 109 Å². The molecule has 0 unspecified atom stereocenters. The molecule has 0 spiro atoms. The van der Waals surface area contributed by atoms with E-state index in [0.717, 1.165) is 44.2 Å². The molecule has 0 aliphatic heterocycles. The van der Waals surface area contributed by atoms with Gasteiger partial charge >= 0.3 is 0 Å². The highest BCUT2D eigenvalue weighted by Crippen LogP contribution is 2.46. The maximum Gasteiger partial charge on any atom is 0.178 e. The first-order chi connectivity index (χ1) is 24.3. The molecule has 0 amide bonds. The van der Waals surface area contributed by atoms with Crippen LogP contribution in [-0.2, 0) is 0 Å². The fraction of sp³-hybridized carbons (Fsp3) is 0. The van der Waals surface area contributed by atoms with Gasteiger partial charge in [0.05, 0.1) is 17.3 Å². The highest BCUT2D eigenvalue weighted by Gasteiger charge is 2.20. The third-order valence-electron chi connectivity index (χ3n) is 10.3. The van der Waals surface area contributed by atoms with E-state index in [1.807, 2.05) is 6.07 Å². The fourth-order valence-corrected chi connectivity index (χ4v) is 8.15. The molecule has 0 radical (unpaired) electrons. The molecule has 0 bridgehead atoms. The van der Waals surface area contributed by atoms with Crippen molar-refractivity contribution in [1.29, 1.82) is 0 Å². The van der Waals surface area contributed by atoms with Gasteiger partial charge in [-0.05, 0) is 92.3 Å². The van der Waals surface area contributed by atoms with E-state index in [0.29, 0.717) is 0 Å². The van der Waals surface area contributed by atoms with Gasteiger partial charge in [-0.25, -0.2) is 0 Å². The van der Waals surface area contributed by atoms with Crippen LogP contribution in [0.25, 0.3) is 104 Å². The zero-order valence-electron chi connectivity index (χ0n) is 26.4. The summed E-state index contributed by atoms with van der Waals surface area (Å²) < 4.78 is 14.6. The summed E-state index contributed by atoms with van der Waals surface area (Å²) in [7, 11) is 0. The van der Waals surface area contributed by atoms with Crippen LogP contribution in [0.4, 0.5) is 0 Å². The van der Waals surface area contributed by atoms with Crippen molar-refractivity contribution in [2.45, 2.75) is 0 Å². The van der Waals surface area contributed by atoms with E-state index in [9.17, 15) is 0 Å². The van der Waals surface area contributed by atoms with Gasteiger partial charge in [0.1, 0.15) is 5.58 Å². The third kappa shape index (κ3) is 3.73. The van der Waals surface area contributed by atoms with Crippen molar-refractivity contribution in [3.63, 3.8) is 0 Å². The van der Waals surface area contributed by atoms with Gasteiger partial charge in [0, 0.05) is 32.6 Å². The molecule has 0 fully saturated rings. The quantitative estimate of drug-likeness (QED) is 0.183. The van der Waals surface area contributed by atoms with Crippen molar-refractivity contribution < 1.29 is 8.83 Å². The lowest BCUT2D eigenvalue weighted by Gasteiger charge is -2.18. The number of hydrogen-bond donors (Lipinski definition) is 0. The summed E-state index contributed by atoms with van der Waals surface area (Å²) in [4.78, 5) is 0. The smallest absolute Gasteiger partial charge is 0.178 e. The molecule has 228 valence electrons. The van der Waals surface area contributed by atoms with E-state index in [-0.39, 0.29) is 0 Å². The Morgan fingerprint density at radius 3 is 1.71 bits per heavy atom. The highest BCUT2D eigenvalue weighted by molar-refractivity contribution is 6.23. The number of fused-ring (bicyclic) bond motifs is 10. The Hall–Kier alpha value is -6.58. The van der Waals surface area contributed by atoms with Crippen molar-refractivity contribution in [2.24, 2.45) is 0 Å². The van der Waals surface area contributed by atoms with Crippen molar-refractivity contribution in [3.8, 4) is 27.9 Å². The van der Waals surface area contributed by atoms with E-state index >= 15 is 0 Å². The van der Waals surface area contributed by atoms with Crippen LogP contribution in [0.2, 0.25) is 0 Å². The Bertz CT molecular complexity index is 3050. The van der Waals surface area contributed by atoms with Gasteiger partial charge in [-0.2, -0.15) is 0 Å². The number of benzene rings is 8. The summed E-state index contributed by atoms with van der Waals surface area (Å²) in [6.07, 6.45) is 1.72. The molecule has 8 aromatic carbocycles. The van der Waals surface area contributed by atoms with Gasteiger partial charge in [-0.3, -0.25) is 0 Å². The minimum absolute atomic E-state index is 0.791. The van der Waals surface area contributed by atoms with Crippen LogP contribution in [0.1, 0.15) is 0 Å². The molecule has 0 aliphatic rings. The summed E-state index contributed by atoms with van der Waals surface area (Å²) in [5, 5.41) is 10.6. The molecule has 3 aromatic heterocycles. The summed E-state index contributed by atoms with van der Waals surface area (Å²) in [5.41, 5.74) is 10.8. The third-order valence-corrected chi connectivity index (χ3v) is 10.3. The largest absolute Gasteiger partial charge is 0.460 e. The lowest BCUT2D eigenvalue weighted by molar-refractivity contribution is 0.600. The number of nitrogens with zero attached hydrogens (tertiary/aromatic N) is 1. The predicted molar refractivity (Wildman–Crippen MR) is 204 cm³/mol. The highest BCUT2D eigenvalue weighted by atomic mass is 16.4. The standard InChI is InChI=1S/C46H27NO2/c1-2-10-31(11-3-1)47-40-17-9-8-12-32(40)33-21-19-30(27-41(33)47)44-36-15-6-4-13-34(36)43(35-14-5-7-16-37(35)44)29-20-23-42-39(26-29)38-22-18-28-24-25-48-45(28)46(38)49-42/h1-27H. The Kier molecular flexibility index (Phi) is 5.38. The number of hydrogen-bond acceptors (Lipinski definition) is 2. The van der Waals surface area contributed by atoms with Crippen LogP contribution in [-0.4, -0.2) is 4.57 Å². The molecule has 0 saturated carbocycles. The first-order valence-electron chi connectivity index (χ1n) is 16.7. The monoisotopic (exact) mass is 625 g/mol. The minimum Gasteiger partial charge on any atom is -0.460 e. The van der Waals surface area contributed by atoms with Gasteiger partial charge in [-0.15, -0.1) is 0 Å². The first-order valence-corrected chi connectivity index (χ1v) is 16.7. The van der Waals surface area contributed by atoms with Crippen LogP contribution < -0.4 is 0 Å². The SMILES string of the molecule is c1ccc(-n2c3ccccc3c3ccc(-c4c5ccccc5c(-c5ccc6oc7c(ccc8ccoc87)c6c5)c5ccccc45)cc32)cc1.